The van der Waals surface area contributed by atoms with Crippen molar-refractivity contribution in [3.05, 3.63) is 94.2 Å². The van der Waals surface area contributed by atoms with Crippen LogP contribution in [0.25, 0.3) is 5.57 Å². The highest BCUT2D eigenvalue weighted by Crippen LogP contribution is 2.35. The van der Waals surface area contributed by atoms with Gasteiger partial charge in [0.15, 0.2) is 0 Å². The molecule has 3 aromatic carbocycles. The van der Waals surface area contributed by atoms with Gasteiger partial charge in [0.05, 0.1) is 11.3 Å². The molecular formula is C28H27N3O3. The first-order valence-electron chi connectivity index (χ1n) is 11.1. The molecule has 0 unspecified atom stereocenters. The fraction of sp³-hybridized carbons (Fsp3) is 0.179. The van der Waals surface area contributed by atoms with Gasteiger partial charge in [-0.05, 0) is 91.9 Å². The van der Waals surface area contributed by atoms with E-state index >= 15 is 0 Å². The van der Waals surface area contributed by atoms with Crippen molar-refractivity contribution in [1.82, 2.24) is 0 Å². The van der Waals surface area contributed by atoms with Gasteiger partial charge in [0.2, 0.25) is 5.91 Å². The van der Waals surface area contributed by atoms with E-state index in [9.17, 15) is 14.4 Å². The first kappa shape index (κ1) is 23.0. The average Bonchev–Trinajstić information content (AvgIpc) is 3.00. The summed E-state index contributed by atoms with van der Waals surface area (Å²) < 4.78 is 0. The van der Waals surface area contributed by atoms with Crippen LogP contribution >= 0.6 is 0 Å². The lowest BCUT2D eigenvalue weighted by Crippen LogP contribution is -2.32. The number of carbonyl (C=O) groups excluding carboxylic acids is 3. The van der Waals surface area contributed by atoms with Gasteiger partial charge in [-0.15, -0.1) is 0 Å². The molecule has 34 heavy (non-hydrogen) atoms. The zero-order valence-corrected chi connectivity index (χ0v) is 19.9. The molecule has 0 radical (unpaired) electrons. The summed E-state index contributed by atoms with van der Waals surface area (Å²) in [6.07, 6.45) is 0. The van der Waals surface area contributed by atoms with Crippen molar-refractivity contribution < 1.29 is 14.4 Å². The molecule has 0 atom stereocenters. The topological polar surface area (TPSA) is 78.5 Å². The highest BCUT2D eigenvalue weighted by molar-refractivity contribution is 6.46. The maximum atomic E-state index is 13.7. The van der Waals surface area contributed by atoms with Gasteiger partial charge in [-0.1, -0.05) is 24.3 Å². The molecule has 2 N–H and O–H groups in total. The fourth-order valence-electron chi connectivity index (χ4n) is 4.11. The van der Waals surface area contributed by atoms with Gasteiger partial charge in [0, 0.05) is 18.3 Å². The molecule has 0 fully saturated rings. The maximum absolute atomic E-state index is 13.7. The Kier molecular flexibility index (Phi) is 6.07. The minimum absolute atomic E-state index is 0.183. The molecule has 0 saturated heterocycles. The highest BCUT2D eigenvalue weighted by atomic mass is 16.2. The Morgan fingerprint density at radius 3 is 1.94 bits per heavy atom. The SMILES string of the molecule is CC(=O)Nc1ccc(C2=C(Nc3ccc(C)c(C)c3)C(=O)N(c3cc(C)cc(C)c3)C2=O)cc1. The summed E-state index contributed by atoms with van der Waals surface area (Å²) in [4.78, 5) is 39.9. The van der Waals surface area contributed by atoms with Crippen LogP contribution in [0.2, 0.25) is 0 Å². The van der Waals surface area contributed by atoms with Crippen molar-refractivity contribution in [3.63, 3.8) is 0 Å². The number of benzene rings is 3. The summed E-state index contributed by atoms with van der Waals surface area (Å²) in [7, 11) is 0. The lowest BCUT2D eigenvalue weighted by molar-refractivity contribution is -0.120. The van der Waals surface area contributed by atoms with E-state index in [1.54, 1.807) is 24.3 Å². The number of hydrogen-bond acceptors (Lipinski definition) is 4. The van der Waals surface area contributed by atoms with Crippen LogP contribution in [0.5, 0.6) is 0 Å². The second-order valence-electron chi connectivity index (χ2n) is 8.72. The molecule has 0 aliphatic carbocycles. The summed E-state index contributed by atoms with van der Waals surface area (Å²) in [5.74, 6) is -0.986. The molecule has 0 spiro atoms. The number of amides is 3. The van der Waals surface area contributed by atoms with Gasteiger partial charge in [-0.3, -0.25) is 14.4 Å². The second kappa shape index (κ2) is 8.98. The number of rotatable bonds is 5. The van der Waals surface area contributed by atoms with Crippen molar-refractivity contribution >= 4 is 40.4 Å². The molecule has 6 heteroatoms. The third-order valence-corrected chi connectivity index (χ3v) is 5.82. The summed E-state index contributed by atoms with van der Waals surface area (Å²) in [5, 5.41) is 5.93. The van der Waals surface area contributed by atoms with E-state index in [0.29, 0.717) is 16.9 Å². The summed E-state index contributed by atoms with van der Waals surface area (Å²) in [6, 6.07) is 18.4. The van der Waals surface area contributed by atoms with E-state index in [4.69, 9.17) is 0 Å². The van der Waals surface area contributed by atoms with Crippen molar-refractivity contribution in [3.8, 4) is 0 Å². The number of anilines is 3. The van der Waals surface area contributed by atoms with Crippen LogP contribution in [-0.4, -0.2) is 17.7 Å². The van der Waals surface area contributed by atoms with Gasteiger partial charge < -0.3 is 10.6 Å². The molecule has 1 heterocycles. The number of aryl methyl sites for hydroxylation is 4. The normalized spacial score (nSPS) is 13.5. The van der Waals surface area contributed by atoms with Crippen LogP contribution in [0.3, 0.4) is 0 Å². The van der Waals surface area contributed by atoms with Crippen molar-refractivity contribution in [2.75, 3.05) is 15.5 Å². The molecule has 3 aromatic rings. The minimum Gasteiger partial charge on any atom is -0.350 e. The molecule has 1 aliphatic rings. The van der Waals surface area contributed by atoms with Gasteiger partial charge in [0.25, 0.3) is 11.8 Å². The van der Waals surface area contributed by atoms with E-state index in [-0.39, 0.29) is 17.2 Å². The molecule has 6 nitrogen and oxygen atoms in total. The van der Waals surface area contributed by atoms with Gasteiger partial charge in [0.1, 0.15) is 5.70 Å². The lowest BCUT2D eigenvalue weighted by Gasteiger charge is -2.17. The summed E-state index contributed by atoms with van der Waals surface area (Å²) in [5.41, 5.74) is 7.13. The number of imide groups is 1. The quantitative estimate of drug-likeness (QED) is 0.516. The molecule has 3 amide bonds. The van der Waals surface area contributed by atoms with E-state index < -0.39 is 11.8 Å². The number of nitrogens with one attached hydrogen (secondary N) is 2. The molecule has 0 saturated carbocycles. The zero-order chi connectivity index (χ0) is 24.6. The minimum atomic E-state index is -0.408. The molecule has 1 aliphatic heterocycles. The van der Waals surface area contributed by atoms with E-state index in [0.717, 1.165) is 27.9 Å². The van der Waals surface area contributed by atoms with Crippen molar-refractivity contribution in [1.29, 1.82) is 0 Å². The average molecular weight is 454 g/mol. The van der Waals surface area contributed by atoms with Crippen LogP contribution in [0, 0.1) is 27.7 Å². The highest BCUT2D eigenvalue weighted by Gasteiger charge is 2.40. The predicted molar refractivity (Wildman–Crippen MR) is 136 cm³/mol. The molecule has 0 bridgehead atoms. The smallest absolute Gasteiger partial charge is 0.282 e. The second-order valence-corrected chi connectivity index (χ2v) is 8.72. The summed E-state index contributed by atoms with van der Waals surface area (Å²) >= 11 is 0. The van der Waals surface area contributed by atoms with Crippen LogP contribution in [0.4, 0.5) is 17.1 Å². The molecule has 172 valence electrons. The standard InChI is InChI=1S/C28H27N3O3/c1-16-12-17(2)14-24(13-16)31-27(33)25(21-7-10-22(11-8-21)29-20(5)32)26(28(31)34)30-23-9-6-18(3)19(4)15-23/h6-15,30H,1-5H3,(H,29,32). The molecular weight excluding hydrogens is 426 g/mol. The van der Waals surface area contributed by atoms with Crippen molar-refractivity contribution in [2.45, 2.75) is 34.6 Å². The monoisotopic (exact) mass is 453 g/mol. The third-order valence-electron chi connectivity index (χ3n) is 5.82. The van der Waals surface area contributed by atoms with E-state index in [1.165, 1.54) is 11.8 Å². The Morgan fingerprint density at radius 1 is 0.735 bits per heavy atom. The molecule has 0 aromatic heterocycles. The number of carbonyl (C=O) groups is 3. The Bertz CT molecular complexity index is 1330. The Labute approximate surface area is 199 Å². The van der Waals surface area contributed by atoms with Crippen molar-refractivity contribution in [2.24, 2.45) is 0 Å². The maximum Gasteiger partial charge on any atom is 0.282 e. The van der Waals surface area contributed by atoms with Crippen LogP contribution < -0.4 is 15.5 Å². The Balaban J connectivity index is 1.81. The first-order valence-corrected chi connectivity index (χ1v) is 11.1. The number of nitrogens with zero attached hydrogens (tertiary/aromatic N) is 1. The fourth-order valence-corrected chi connectivity index (χ4v) is 4.11. The summed E-state index contributed by atoms with van der Waals surface area (Å²) in [6.45, 7) is 9.32. The van der Waals surface area contributed by atoms with Crippen LogP contribution in [-0.2, 0) is 14.4 Å². The third kappa shape index (κ3) is 4.48. The zero-order valence-electron chi connectivity index (χ0n) is 19.9. The first-order chi connectivity index (χ1) is 16.1. The van der Waals surface area contributed by atoms with Gasteiger partial charge >= 0.3 is 0 Å². The Hall–Kier alpha value is -4.19. The van der Waals surface area contributed by atoms with Gasteiger partial charge in [-0.2, -0.15) is 0 Å². The van der Waals surface area contributed by atoms with E-state index in [1.807, 2.05) is 64.1 Å². The molecule has 4 rings (SSSR count). The van der Waals surface area contributed by atoms with E-state index in [2.05, 4.69) is 10.6 Å². The Morgan fingerprint density at radius 2 is 1.35 bits per heavy atom. The largest absolute Gasteiger partial charge is 0.350 e. The van der Waals surface area contributed by atoms with Crippen LogP contribution in [0.15, 0.2) is 66.4 Å². The lowest BCUT2D eigenvalue weighted by atomic mass is 10.0. The van der Waals surface area contributed by atoms with Crippen LogP contribution in [0.1, 0.15) is 34.7 Å². The van der Waals surface area contributed by atoms with Gasteiger partial charge in [-0.25, -0.2) is 4.90 Å². The predicted octanol–water partition coefficient (Wildman–Crippen LogP) is 5.28. The number of hydrogen-bond donors (Lipinski definition) is 2.